The van der Waals surface area contributed by atoms with E-state index in [1.165, 1.54) is 11.8 Å². The fourth-order valence-corrected chi connectivity index (χ4v) is 2.38. The molecule has 1 amide bonds. The summed E-state index contributed by atoms with van der Waals surface area (Å²) in [5.41, 5.74) is 3.28. The number of nitrogens with zero attached hydrogens (tertiary/aromatic N) is 3. The highest BCUT2D eigenvalue weighted by Crippen LogP contribution is 2.17. The third-order valence-electron chi connectivity index (χ3n) is 3.92. The molecule has 132 valence electrons. The van der Waals surface area contributed by atoms with Crippen LogP contribution in [0.4, 0.5) is 11.5 Å². The molecule has 0 bridgehead atoms. The van der Waals surface area contributed by atoms with Crippen molar-refractivity contribution < 1.29 is 4.79 Å². The second-order valence-electron chi connectivity index (χ2n) is 6.23. The van der Waals surface area contributed by atoms with Crippen molar-refractivity contribution in [3.05, 3.63) is 78.0 Å². The highest BCUT2D eigenvalue weighted by Gasteiger charge is 2.09. The molecule has 2 heterocycles. The van der Waals surface area contributed by atoms with Gasteiger partial charge in [-0.3, -0.25) is 9.78 Å². The molecule has 0 aliphatic heterocycles. The molecule has 0 saturated carbocycles. The van der Waals surface area contributed by atoms with E-state index in [9.17, 15) is 4.79 Å². The zero-order chi connectivity index (χ0) is 18.4. The Morgan fingerprint density at radius 2 is 1.85 bits per heavy atom. The molecule has 1 aromatic carbocycles. The summed E-state index contributed by atoms with van der Waals surface area (Å²) in [5, 5.41) is 5.98. The molecule has 6 nitrogen and oxygen atoms in total. The highest BCUT2D eigenvalue weighted by molar-refractivity contribution is 6.02. The van der Waals surface area contributed by atoms with Crippen LogP contribution in [-0.2, 0) is 6.54 Å². The second-order valence-corrected chi connectivity index (χ2v) is 6.23. The van der Waals surface area contributed by atoms with Crippen molar-refractivity contribution in [2.24, 2.45) is 0 Å². The van der Waals surface area contributed by atoms with Crippen LogP contribution < -0.4 is 10.6 Å². The topological polar surface area (TPSA) is 79.8 Å². The number of carbonyl (C=O) groups is 1. The van der Waals surface area contributed by atoms with Gasteiger partial charge in [-0.05, 0) is 35.2 Å². The van der Waals surface area contributed by atoms with E-state index in [4.69, 9.17) is 0 Å². The molecule has 0 saturated heterocycles. The number of pyridine rings is 1. The molecule has 0 unspecified atom stereocenters. The van der Waals surface area contributed by atoms with Crippen LogP contribution in [0.5, 0.6) is 0 Å². The van der Waals surface area contributed by atoms with Crippen molar-refractivity contribution in [3.63, 3.8) is 0 Å². The summed E-state index contributed by atoms with van der Waals surface area (Å²) in [5.74, 6) is 0.776. The first-order valence-electron chi connectivity index (χ1n) is 8.48. The van der Waals surface area contributed by atoms with Crippen LogP contribution in [0.1, 0.15) is 41.4 Å². The molecular formula is C20H21N5O. The molecule has 0 spiro atoms. The third-order valence-corrected chi connectivity index (χ3v) is 3.92. The molecule has 2 N–H and O–H groups in total. The summed E-state index contributed by atoms with van der Waals surface area (Å²) in [7, 11) is 0. The normalized spacial score (nSPS) is 10.6. The van der Waals surface area contributed by atoms with Crippen LogP contribution in [0.15, 0.2) is 61.2 Å². The van der Waals surface area contributed by atoms with Crippen molar-refractivity contribution in [1.82, 2.24) is 15.0 Å². The maximum Gasteiger partial charge on any atom is 0.275 e. The molecule has 0 aliphatic rings. The summed E-state index contributed by atoms with van der Waals surface area (Å²) in [6, 6.07) is 11.7. The highest BCUT2D eigenvalue weighted by atomic mass is 16.1. The molecule has 0 atom stereocenters. The minimum Gasteiger partial charge on any atom is -0.365 e. The average Bonchev–Trinajstić information content (AvgIpc) is 2.68. The zero-order valence-electron chi connectivity index (χ0n) is 14.8. The predicted octanol–water partition coefficient (Wildman–Crippen LogP) is 3.86. The number of amides is 1. The van der Waals surface area contributed by atoms with Gasteiger partial charge in [0.2, 0.25) is 0 Å². The molecule has 26 heavy (non-hydrogen) atoms. The maximum atomic E-state index is 12.3. The molecule has 0 aliphatic carbocycles. The number of nitrogens with one attached hydrogen (secondary N) is 2. The second kappa shape index (κ2) is 8.20. The fourth-order valence-electron chi connectivity index (χ4n) is 2.38. The smallest absolute Gasteiger partial charge is 0.275 e. The Hall–Kier alpha value is -3.28. The van der Waals surface area contributed by atoms with Crippen LogP contribution in [0, 0.1) is 0 Å². The van der Waals surface area contributed by atoms with Gasteiger partial charge in [-0.15, -0.1) is 0 Å². The number of rotatable bonds is 6. The van der Waals surface area contributed by atoms with Crippen LogP contribution in [0.25, 0.3) is 0 Å². The monoisotopic (exact) mass is 347 g/mol. The van der Waals surface area contributed by atoms with Gasteiger partial charge in [-0.2, -0.15) is 0 Å². The molecule has 0 radical (unpaired) electrons. The van der Waals surface area contributed by atoms with Gasteiger partial charge in [0, 0.05) is 24.6 Å². The Kier molecular flexibility index (Phi) is 5.53. The zero-order valence-corrected chi connectivity index (χ0v) is 14.8. The first kappa shape index (κ1) is 17.5. The van der Waals surface area contributed by atoms with Gasteiger partial charge in [0.25, 0.3) is 5.91 Å². The lowest BCUT2D eigenvalue weighted by atomic mass is 10.0. The SMILES string of the molecule is CC(C)c1ccc(NC(=O)c2cnc(NCc3cccnc3)cn2)cc1. The lowest BCUT2D eigenvalue weighted by Gasteiger charge is -2.09. The predicted molar refractivity (Wildman–Crippen MR) is 102 cm³/mol. The number of hydrogen-bond acceptors (Lipinski definition) is 5. The van der Waals surface area contributed by atoms with Gasteiger partial charge in [0.15, 0.2) is 0 Å². The summed E-state index contributed by atoms with van der Waals surface area (Å²) in [6.07, 6.45) is 6.52. The quantitative estimate of drug-likeness (QED) is 0.708. The van der Waals surface area contributed by atoms with E-state index < -0.39 is 0 Å². The van der Waals surface area contributed by atoms with Gasteiger partial charge in [-0.1, -0.05) is 32.0 Å². The Labute approximate surface area is 152 Å². The minimum atomic E-state index is -0.284. The molecule has 3 rings (SSSR count). The van der Waals surface area contributed by atoms with Crippen LogP contribution >= 0.6 is 0 Å². The van der Waals surface area contributed by atoms with Crippen molar-refractivity contribution in [2.75, 3.05) is 10.6 Å². The van der Waals surface area contributed by atoms with Gasteiger partial charge < -0.3 is 10.6 Å². The summed E-state index contributed by atoms with van der Waals surface area (Å²) < 4.78 is 0. The van der Waals surface area contributed by atoms with Gasteiger partial charge >= 0.3 is 0 Å². The van der Waals surface area contributed by atoms with Crippen molar-refractivity contribution in [1.29, 1.82) is 0 Å². The average molecular weight is 347 g/mol. The molecule has 2 aromatic heterocycles. The first-order valence-corrected chi connectivity index (χ1v) is 8.48. The van der Waals surface area contributed by atoms with E-state index in [0.717, 1.165) is 11.3 Å². The summed E-state index contributed by atoms with van der Waals surface area (Å²) in [6.45, 7) is 4.86. The van der Waals surface area contributed by atoms with Gasteiger partial charge in [0.05, 0.1) is 12.4 Å². The van der Waals surface area contributed by atoms with Crippen molar-refractivity contribution in [3.8, 4) is 0 Å². The van der Waals surface area contributed by atoms with E-state index in [2.05, 4.69) is 39.4 Å². The van der Waals surface area contributed by atoms with Crippen molar-refractivity contribution >= 4 is 17.4 Å². The van der Waals surface area contributed by atoms with E-state index in [1.54, 1.807) is 18.6 Å². The molecule has 0 fully saturated rings. The summed E-state index contributed by atoms with van der Waals surface area (Å²) in [4.78, 5) is 24.8. The lowest BCUT2D eigenvalue weighted by Crippen LogP contribution is -2.14. The van der Waals surface area contributed by atoms with Crippen LogP contribution in [-0.4, -0.2) is 20.9 Å². The number of carbonyl (C=O) groups excluding carboxylic acids is 1. The van der Waals surface area contributed by atoms with Crippen LogP contribution in [0.3, 0.4) is 0 Å². The van der Waals surface area contributed by atoms with Gasteiger partial charge in [-0.25, -0.2) is 9.97 Å². The Bertz CT molecular complexity index is 846. The fraction of sp³-hybridized carbons (Fsp3) is 0.200. The third kappa shape index (κ3) is 4.63. The number of hydrogen-bond donors (Lipinski definition) is 2. The molecular weight excluding hydrogens is 326 g/mol. The minimum absolute atomic E-state index is 0.268. The van der Waals surface area contributed by atoms with E-state index in [-0.39, 0.29) is 11.6 Å². The number of aromatic nitrogens is 3. The largest absolute Gasteiger partial charge is 0.365 e. The molecule has 3 aromatic rings. The number of benzene rings is 1. The Morgan fingerprint density at radius 3 is 2.46 bits per heavy atom. The van der Waals surface area contributed by atoms with E-state index >= 15 is 0 Å². The van der Waals surface area contributed by atoms with Crippen molar-refractivity contribution in [2.45, 2.75) is 26.3 Å². The number of anilines is 2. The van der Waals surface area contributed by atoms with Crippen LogP contribution in [0.2, 0.25) is 0 Å². The molecule has 6 heteroatoms. The lowest BCUT2D eigenvalue weighted by molar-refractivity contribution is 0.102. The maximum absolute atomic E-state index is 12.3. The standard InChI is InChI=1S/C20H21N5O/c1-14(2)16-5-7-17(8-6-16)25-20(26)18-12-24-19(13-22-18)23-11-15-4-3-9-21-10-15/h3-10,12-14H,11H2,1-2H3,(H,23,24)(H,25,26). The van der Waals surface area contributed by atoms with E-state index in [0.29, 0.717) is 18.3 Å². The Balaban J connectivity index is 1.58. The Morgan fingerprint density at radius 1 is 1.04 bits per heavy atom. The first-order chi connectivity index (χ1) is 12.6. The van der Waals surface area contributed by atoms with Gasteiger partial charge in [0.1, 0.15) is 11.5 Å². The van der Waals surface area contributed by atoms with E-state index in [1.807, 2.05) is 36.4 Å². The summed E-state index contributed by atoms with van der Waals surface area (Å²) >= 11 is 0.